The highest BCUT2D eigenvalue weighted by molar-refractivity contribution is 14.1. The highest BCUT2D eigenvalue weighted by atomic mass is 127. The fraction of sp³-hybridized carbons (Fsp3) is 0.167. The molecule has 4 heteroatoms. The Morgan fingerprint density at radius 3 is 2.68 bits per heavy atom. The molecule has 0 bridgehead atoms. The van der Waals surface area contributed by atoms with Crippen molar-refractivity contribution in [1.29, 1.82) is 5.26 Å². The number of thiophene rings is 1. The zero-order valence-electron chi connectivity index (χ0n) is 11.8. The third kappa shape index (κ3) is 3.42. The van der Waals surface area contributed by atoms with E-state index < -0.39 is 0 Å². The summed E-state index contributed by atoms with van der Waals surface area (Å²) in [6.45, 7) is 0. The summed E-state index contributed by atoms with van der Waals surface area (Å²) in [6.07, 6.45) is 1.03. The van der Waals surface area contributed by atoms with Gasteiger partial charge in [0.25, 0.3) is 0 Å². The molecule has 0 amide bonds. The van der Waals surface area contributed by atoms with Crippen LogP contribution >= 0.6 is 33.9 Å². The molecule has 0 radical (unpaired) electrons. The van der Waals surface area contributed by atoms with Crippen LogP contribution in [-0.4, -0.2) is 4.43 Å². The lowest BCUT2D eigenvalue weighted by molar-refractivity contribution is 0.204. The number of ether oxygens (including phenoxy) is 1. The molecule has 0 aliphatic rings. The predicted octanol–water partition coefficient (Wildman–Crippen LogP) is 5.72. The maximum Gasteiger partial charge on any atom is 0.124 e. The number of hydrogen-bond acceptors (Lipinski definition) is 3. The average molecular weight is 419 g/mol. The number of fused-ring (bicyclic) bond motifs is 1. The third-order valence-electron chi connectivity index (χ3n) is 3.42. The normalized spacial score (nSPS) is 12.0. The molecular formula is C18H14INOS. The van der Waals surface area contributed by atoms with Crippen LogP contribution < -0.4 is 4.74 Å². The van der Waals surface area contributed by atoms with Gasteiger partial charge in [0.15, 0.2) is 0 Å². The summed E-state index contributed by atoms with van der Waals surface area (Å²) in [5.41, 5.74) is 1.20. The molecule has 0 aliphatic carbocycles. The van der Waals surface area contributed by atoms with Crippen molar-refractivity contribution >= 4 is 44.0 Å². The zero-order chi connectivity index (χ0) is 15.4. The molecule has 3 rings (SSSR count). The molecule has 0 saturated heterocycles. The quantitative estimate of drug-likeness (QED) is 0.392. The standard InChI is InChI=1S/C18H14INOS/c19-9-8-17(13-4-2-1-3-5-13)21-15-7-6-14-10-16(12-20)22-18(14)11-15/h1-7,10-11,17H,8-9H2/t17-/m1/s1. The monoisotopic (exact) mass is 419 g/mol. The molecule has 110 valence electrons. The molecule has 0 N–H and O–H groups in total. The van der Waals surface area contributed by atoms with Crippen LogP contribution in [0.1, 0.15) is 23.0 Å². The molecule has 3 aromatic rings. The van der Waals surface area contributed by atoms with Crippen LogP contribution in [0.5, 0.6) is 5.75 Å². The molecule has 0 unspecified atom stereocenters. The third-order valence-corrected chi connectivity index (χ3v) is 5.05. The number of hydrogen-bond donors (Lipinski definition) is 0. The van der Waals surface area contributed by atoms with Crippen molar-refractivity contribution < 1.29 is 4.74 Å². The van der Waals surface area contributed by atoms with Crippen molar-refractivity contribution in [2.24, 2.45) is 0 Å². The van der Waals surface area contributed by atoms with Crippen LogP contribution in [0.3, 0.4) is 0 Å². The number of nitrogens with zero attached hydrogens (tertiary/aromatic N) is 1. The maximum absolute atomic E-state index is 9.00. The number of halogens is 1. The first-order valence-electron chi connectivity index (χ1n) is 7.01. The summed E-state index contributed by atoms with van der Waals surface area (Å²) in [7, 11) is 0. The van der Waals surface area contributed by atoms with Gasteiger partial charge in [-0.1, -0.05) is 52.9 Å². The minimum atomic E-state index is 0.0611. The topological polar surface area (TPSA) is 33.0 Å². The molecule has 2 aromatic carbocycles. The molecule has 0 saturated carbocycles. The van der Waals surface area contributed by atoms with Gasteiger partial charge < -0.3 is 4.74 Å². The Bertz CT molecular complexity index is 807. The Morgan fingerprint density at radius 1 is 1.14 bits per heavy atom. The molecule has 22 heavy (non-hydrogen) atoms. The van der Waals surface area contributed by atoms with Crippen LogP contribution in [0, 0.1) is 11.3 Å². The molecule has 2 nitrogen and oxygen atoms in total. The number of rotatable bonds is 5. The van der Waals surface area contributed by atoms with E-state index in [-0.39, 0.29) is 6.10 Å². The van der Waals surface area contributed by atoms with Crippen LogP contribution in [0.2, 0.25) is 0 Å². The predicted molar refractivity (Wildman–Crippen MR) is 99.9 cm³/mol. The summed E-state index contributed by atoms with van der Waals surface area (Å²) >= 11 is 3.89. The average Bonchev–Trinajstić information content (AvgIpc) is 2.98. The van der Waals surface area contributed by atoms with Crippen molar-refractivity contribution in [2.45, 2.75) is 12.5 Å². The molecule has 1 atom stereocenters. The summed E-state index contributed by atoms with van der Waals surface area (Å²) < 4.78 is 8.34. The largest absolute Gasteiger partial charge is 0.486 e. The van der Waals surface area contributed by atoms with E-state index in [2.05, 4.69) is 40.8 Å². The number of benzene rings is 2. The Labute approximate surface area is 147 Å². The first kappa shape index (κ1) is 15.3. The summed E-state index contributed by atoms with van der Waals surface area (Å²) in [5.74, 6) is 0.859. The van der Waals surface area contributed by atoms with E-state index in [4.69, 9.17) is 10.00 Å². The van der Waals surface area contributed by atoms with Crippen molar-refractivity contribution in [3.8, 4) is 11.8 Å². The summed E-state index contributed by atoms with van der Waals surface area (Å²) in [4.78, 5) is 0.735. The lowest BCUT2D eigenvalue weighted by Crippen LogP contribution is -2.08. The van der Waals surface area contributed by atoms with E-state index >= 15 is 0 Å². The first-order valence-corrected chi connectivity index (χ1v) is 9.35. The van der Waals surface area contributed by atoms with E-state index in [0.29, 0.717) is 0 Å². The summed E-state index contributed by atoms with van der Waals surface area (Å²) in [5, 5.41) is 10.1. The van der Waals surface area contributed by atoms with Crippen LogP contribution in [0.15, 0.2) is 54.6 Å². The Hall–Kier alpha value is -1.58. The van der Waals surface area contributed by atoms with Gasteiger partial charge in [-0.05, 0) is 41.6 Å². The molecule has 0 aliphatic heterocycles. The molecule has 1 heterocycles. The van der Waals surface area contributed by atoms with Crippen molar-refractivity contribution in [1.82, 2.24) is 0 Å². The summed E-state index contributed by atoms with van der Waals surface area (Å²) in [6, 6.07) is 20.5. The maximum atomic E-state index is 9.00. The minimum absolute atomic E-state index is 0.0611. The van der Waals surface area contributed by atoms with Gasteiger partial charge in [-0.3, -0.25) is 0 Å². The Kier molecular flexibility index (Phi) is 4.96. The van der Waals surface area contributed by atoms with E-state index in [1.54, 1.807) is 0 Å². The van der Waals surface area contributed by atoms with Gasteiger partial charge in [0.2, 0.25) is 0 Å². The van der Waals surface area contributed by atoms with Gasteiger partial charge in [0, 0.05) is 9.13 Å². The van der Waals surface area contributed by atoms with E-state index in [9.17, 15) is 0 Å². The van der Waals surface area contributed by atoms with Gasteiger partial charge in [0.1, 0.15) is 22.8 Å². The molecular weight excluding hydrogens is 405 g/mol. The van der Waals surface area contributed by atoms with Crippen molar-refractivity contribution in [3.05, 3.63) is 65.0 Å². The highest BCUT2D eigenvalue weighted by Crippen LogP contribution is 2.32. The minimum Gasteiger partial charge on any atom is -0.486 e. The SMILES string of the molecule is N#Cc1cc2ccc(O[C@H](CCI)c3ccccc3)cc2s1. The highest BCUT2D eigenvalue weighted by Gasteiger charge is 2.13. The van der Waals surface area contributed by atoms with Crippen LogP contribution in [0.4, 0.5) is 0 Å². The first-order chi connectivity index (χ1) is 10.8. The fourth-order valence-corrected chi connectivity index (χ4v) is 3.82. The Morgan fingerprint density at radius 2 is 1.95 bits per heavy atom. The van der Waals surface area contributed by atoms with Crippen LogP contribution in [-0.2, 0) is 0 Å². The second-order valence-electron chi connectivity index (χ2n) is 4.92. The lowest BCUT2D eigenvalue weighted by atomic mass is 10.1. The second kappa shape index (κ2) is 7.12. The van der Waals surface area contributed by atoms with E-state index in [1.807, 2.05) is 42.5 Å². The van der Waals surface area contributed by atoms with Crippen molar-refractivity contribution in [2.75, 3.05) is 4.43 Å². The second-order valence-corrected chi connectivity index (χ2v) is 7.08. The van der Waals surface area contributed by atoms with Crippen molar-refractivity contribution in [3.63, 3.8) is 0 Å². The van der Waals surface area contributed by atoms with E-state index in [0.717, 1.165) is 31.6 Å². The fourth-order valence-electron chi connectivity index (χ4n) is 2.36. The lowest BCUT2D eigenvalue weighted by Gasteiger charge is -2.18. The van der Waals surface area contributed by atoms with E-state index in [1.165, 1.54) is 16.9 Å². The number of alkyl halides is 1. The van der Waals surface area contributed by atoms with Gasteiger partial charge in [-0.15, -0.1) is 11.3 Å². The zero-order valence-corrected chi connectivity index (χ0v) is 14.8. The molecule has 0 spiro atoms. The van der Waals surface area contributed by atoms with Crippen LogP contribution in [0.25, 0.3) is 10.1 Å². The van der Waals surface area contributed by atoms with Gasteiger partial charge >= 0.3 is 0 Å². The number of nitriles is 1. The molecule has 0 fully saturated rings. The van der Waals surface area contributed by atoms with Gasteiger partial charge in [-0.2, -0.15) is 5.26 Å². The van der Waals surface area contributed by atoms with Gasteiger partial charge in [-0.25, -0.2) is 0 Å². The van der Waals surface area contributed by atoms with Gasteiger partial charge in [0.05, 0.1) is 0 Å². The smallest absolute Gasteiger partial charge is 0.124 e. The Balaban J connectivity index is 1.88. The molecule has 1 aromatic heterocycles.